The number of halogens is 3. The second kappa shape index (κ2) is 7.09. The fraction of sp³-hybridized carbons (Fsp3) is 1.00. The Hall–Kier alpha value is -0.0600. The third kappa shape index (κ3) is 5.84. The van der Waals surface area contributed by atoms with Crippen molar-refractivity contribution in [1.82, 2.24) is 0 Å². The Kier molecular flexibility index (Phi) is 6.34. The van der Waals surface area contributed by atoms with Crippen LogP contribution in [0.1, 0.15) is 51.9 Å². The SMILES string of the molecule is CCCCP(=O)(O)OC(C1CCCCC1)C(F)(F)F. The summed E-state index contributed by atoms with van der Waals surface area (Å²) in [6.45, 7) is 1.81. The second-order valence-electron chi connectivity index (χ2n) is 5.18. The molecule has 0 aliphatic heterocycles. The highest BCUT2D eigenvalue weighted by Gasteiger charge is 2.48. The van der Waals surface area contributed by atoms with Crippen LogP contribution in [0.25, 0.3) is 0 Å². The summed E-state index contributed by atoms with van der Waals surface area (Å²) in [4.78, 5) is 9.54. The molecular formula is C12H22F3O3P. The van der Waals surface area contributed by atoms with E-state index in [1.807, 2.05) is 6.92 Å². The van der Waals surface area contributed by atoms with E-state index in [9.17, 15) is 22.6 Å². The van der Waals surface area contributed by atoms with Crippen LogP contribution in [0.4, 0.5) is 13.2 Å². The highest BCUT2D eigenvalue weighted by atomic mass is 31.2. The van der Waals surface area contributed by atoms with Crippen LogP contribution in [0.3, 0.4) is 0 Å². The number of alkyl halides is 3. The molecule has 114 valence electrons. The van der Waals surface area contributed by atoms with Crippen molar-refractivity contribution in [3.63, 3.8) is 0 Å². The molecular weight excluding hydrogens is 280 g/mol. The fourth-order valence-electron chi connectivity index (χ4n) is 2.44. The quantitative estimate of drug-likeness (QED) is 0.735. The summed E-state index contributed by atoms with van der Waals surface area (Å²) >= 11 is 0. The molecule has 0 bridgehead atoms. The van der Waals surface area contributed by atoms with Crippen LogP contribution in [0.15, 0.2) is 0 Å². The van der Waals surface area contributed by atoms with Crippen molar-refractivity contribution in [3.8, 4) is 0 Å². The van der Waals surface area contributed by atoms with E-state index >= 15 is 0 Å². The van der Waals surface area contributed by atoms with Crippen molar-refractivity contribution >= 4 is 7.60 Å². The van der Waals surface area contributed by atoms with Crippen LogP contribution in [-0.2, 0) is 9.09 Å². The summed E-state index contributed by atoms with van der Waals surface area (Å²) in [7, 11) is -4.15. The standard InChI is InChI=1S/C12H22F3O3P/c1-2-3-9-19(16,17)18-11(12(13,14)15)10-7-5-4-6-8-10/h10-11H,2-9H2,1H3,(H,16,17). The van der Waals surface area contributed by atoms with Crippen molar-refractivity contribution in [2.75, 3.05) is 6.16 Å². The van der Waals surface area contributed by atoms with Gasteiger partial charge in [0.25, 0.3) is 0 Å². The topological polar surface area (TPSA) is 46.5 Å². The van der Waals surface area contributed by atoms with Gasteiger partial charge in [0.15, 0.2) is 6.10 Å². The number of rotatable bonds is 6. The predicted molar refractivity (Wildman–Crippen MR) is 67.1 cm³/mol. The van der Waals surface area contributed by atoms with E-state index in [4.69, 9.17) is 0 Å². The molecule has 0 spiro atoms. The molecule has 0 radical (unpaired) electrons. The lowest BCUT2D eigenvalue weighted by molar-refractivity contribution is -0.214. The van der Waals surface area contributed by atoms with Gasteiger partial charge < -0.3 is 4.89 Å². The molecule has 1 rings (SSSR count). The van der Waals surface area contributed by atoms with Gasteiger partial charge in [-0.1, -0.05) is 32.6 Å². The number of unbranched alkanes of at least 4 members (excludes halogenated alkanes) is 1. The van der Waals surface area contributed by atoms with E-state index in [0.29, 0.717) is 25.7 Å². The van der Waals surface area contributed by atoms with Crippen molar-refractivity contribution in [1.29, 1.82) is 0 Å². The molecule has 1 fully saturated rings. The first-order chi connectivity index (χ1) is 8.76. The van der Waals surface area contributed by atoms with E-state index in [2.05, 4.69) is 4.52 Å². The monoisotopic (exact) mass is 302 g/mol. The van der Waals surface area contributed by atoms with Gasteiger partial charge in [-0.15, -0.1) is 0 Å². The minimum atomic E-state index is -4.58. The summed E-state index contributed by atoms with van der Waals surface area (Å²) in [6.07, 6.45) is -2.63. The summed E-state index contributed by atoms with van der Waals surface area (Å²) in [5.41, 5.74) is 0. The van der Waals surface area contributed by atoms with Crippen LogP contribution < -0.4 is 0 Å². The third-order valence-corrected chi connectivity index (χ3v) is 4.91. The van der Waals surface area contributed by atoms with E-state index in [1.54, 1.807) is 0 Å². The van der Waals surface area contributed by atoms with E-state index in [-0.39, 0.29) is 6.16 Å². The molecule has 7 heteroatoms. The first-order valence-electron chi connectivity index (χ1n) is 6.83. The Balaban J connectivity index is 2.71. The normalized spacial score (nSPS) is 23.0. The van der Waals surface area contributed by atoms with Gasteiger partial charge in [0.05, 0.1) is 0 Å². The second-order valence-corrected chi connectivity index (χ2v) is 7.11. The molecule has 0 amide bonds. The van der Waals surface area contributed by atoms with Crippen molar-refractivity contribution in [3.05, 3.63) is 0 Å². The Morgan fingerprint density at radius 1 is 1.32 bits per heavy atom. The van der Waals surface area contributed by atoms with Crippen LogP contribution in [0, 0.1) is 5.92 Å². The zero-order chi connectivity index (χ0) is 14.5. The first-order valence-corrected chi connectivity index (χ1v) is 8.59. The van der Waals surface area contributed by atoms with E-state index in [1.165, 1.54) is 0 Å². The van der Waals surface area contributed by atoms with Gasteiger partial charge >= 0.3 is 13.8 Å². The smallest absolute Gasteiger partial charge is 0.324 e. The third-order valence-electron chi connectivity index (χ3n) is 3.47. The molecule has 0 heterocycles. The molecule has 0 saturated heterocycles. The Morgan fingerprint density at radius 2 is 1.89 bits per heavy atom. The van der Waals surface area contributed by atoms with Gasteiger partial charge in [0, 0.05) is 6.16 Å². The molecule has 1 aliphatic carbocycles. The summed E-state index contributed by atoms with van der Waals surface area (Å²) in [5, 5.41) is 0. The molecule has 1 aliphatic rings. The zero-order valence-electron chi connectivity index (χ0n) is 11.2. The molecule has 3 nitrogen and oxygen atoms in total. The maximum absolute atomic E-state index is 13.0. The van der Waals surface area contributed by atoms with Crippen LogP contribution in [-0.4, -0.2) is 23.3 Å². The largest absolute Gasteiger partial charge is 0.415 e. The van der Waals surface area contributed by atoms with Gasteiger partial charge in [0.2, 0.25) is 0 Å². The summed E-state index contributed by atoms with van der Waals surface area (Å²) in [6, 6.07) is 0. The van der Waals surface area contributed by atoms with Crippen molar-refractivity contribution < 1.29 is 27.2 Å². The van der Waals surface area contributed by atoms with Crippen molar-refractivity contribution in [2.24, 2.45) is 5.92 Å². The van der Waals surface area contributed by atoms with E-state index in [0.717, 1.165) is 19.3 Å². The highest BCUT2D eigenvalue weighted by molar-refractivity contribution is 7.52. The van der Waals surface area contributed by atoms with Gasteiger partial charge in [-0.05, 0) is 25.2 Å². The molecule has 0 aromatic heterocycles. The molecule has 2 atom stereocenters. The molecule has 19 heavy (non-hydrogen) atoms. The average molecular weight is 302 g/mol. The molecule has 0 aromatic carbocycles. The number of hydrogen-bond acceptors (Lipinski definition) is 2. The summed E-state index contributed by atoms with van der Waals surface area (Å²) in [5.74, 6) is -0.684. The van der Waals surface area contributed by atoms with Gasteiger partial charge in [-0.2, -0.15) is 13.2 Å². The molecule has 2 unspecified atom stereocenters. The fourth-order valence-corrected chi connectivity index (χ4v) is 3.91. The lowest BCUT2D eigenvalue weighted by Crippen LogP contribution is -2.39. The Labute approximate surface area is 112 Å². The Morgan fingerprint density at radius 3 is 2.37 bits per heavy atom. The lowest BCUT2D eigenvalue weighted by Gasteiger charge is -2.32. The minimum absolute atomic E-state index is 0.206. The van der Waals surface area contributed by atoms with E-state index < -0.39 is 25.8 Å². The molecule has 1 N–H and O–H groups in total. The van der Waals surface area contributed by atoms with Gasteiger partial charge in [-0.3, -0.25) is 9.09 Å². The average Bonchev–Trinajstić information content (AvgIpc) is 2.33. The van der Waals surface area contributed by atoms with Crippen LogP contribution in [0.2, 0.25) is 0 Å². The zero-order valence-corrected chi connectivity index (χ0v) is 12.1. The van der Waals surface area contributed by atoms with Gasteiger partial charge in [-0.25, -0.2) is 0 Å². The van der Waals surface area contributed by atoms with Crippen LogP contribution >= 0.6 is 7.60 Å². The highest BCUT2D eigenvalue weighted by Crippen LogP contribution is 2.50. The summed E-state index contributed by atoms with van der Waals surface area (Å²) < 4.78 is 55.3. The Bertz CT molecular complexity index is 314. The van der Waals surface area contributed by atoms with Gasteiger partial charge in [0.1, 0.15) is 0 Å². The molecule has 1 saturated carbocycles. The maximum atomic E-state index is 13.0. The van der Waals surface area contributed by atoms with Crippen LogP contribution in [0.5, 0.6) is 0 Å². The van der Waals surface area contributed by atoms with Crippen molar-refractivity contribution in [2.45, 2.75) is 64.1 Å². The lowest BCUT2D eigenvalue weighted by atomic mass is 9.85. The maximum Gasteiger partial charge on any atom is 0.415 e. The first kappa shape index (κ1) is 17.0. The number of hydrogen-bond donors (Lipinski definition) is 1. The predicted octanol–water partition coefficient (Wildman–Crippen LogP) is 4.50. The minimum Gasteiger partial charge on any atom is -0.324 e. The molecule has 0 aromatic rings.